The number of urea groups is 1. The topological polar surface area (TPSA) is 134 Å². The summed E-state index contributed by atoms with van der Waals surface area (Å²) in [7, 11) is 0. The third-order valence-corrected chi connectivity index (χ3v) is 7.49. The summed E-state index contributed by atoms with van der Waals surface area (Å²) < 4.78 is 0. The van der Waals surface area contributed by atoms with E-state index in [2.05, 4.69) is 16.0 Å². The number of hydroxylamine groups is 2. The summed E-state index contributed by atoms with van der Waals surface area (Å²) in [5.74, 6) is -1.02. The number of nitrogens with zero attached hydrogens (tertiary/aromatic N) is 1. The van der Waals surface area contributed by atoms with E-state index >= 15 is 0 Å². The molecule has 11 heteroatoms. The van der Waals surface area contributed by atoms with Gasteiger partial charge in [0, 0.05) is 42.7 Å². The van der Waals surface area contributed by atoms with E-state index in [1.54, 1.807) is 6.92 Å². The number of nitrogens with one attached hydrogen (secondary N) is 3. The van der Waals surface area contributed by atoms with Crippen LogP contribution < -0.4 is 16.0 Å². The van der Waals surface area contributed by atoms with E-state index in [1.807, 2.05) is 11.8 Å². The average Bonchev–Trinajstić information content (AvgIpc) is 3.37. The van der Waals surface area contributed by atoms with Crippen LogP contribution in [0, 0.1) is 5.92 Å². The van der Waals surface area contributed by atoms with Crippen molar-refractivity contribution in [3.05, 3.63) is 0 Å². The van der Waals surface area contributed by atoms with Crippen molar-refractivity contribution in [3.63, 3.8) is 0 Å². The van der Waals surface area contributed by atoms with Gasteiger partial charge in [0.2, 0.25) is 5.91 Å². The molecular weight excluding hydrogens is 436 g/mol. The first-order chi connectivity index (χ1) is 15.3. The van der Waals surface area contributed by atoms with Gasteiger partial charge in [-0.25, -0.2) is 9.59 Å². The number of unbranched alkanes of at least 4 members (excludes halogenated alkanes) is 3. The molecule has 0 saturated carbocycles. The highest BCUT2D eigenvalue weighted by Crippen LogP contribution is 2.33. The van der Waals surface area contributed by atoms with Crippen LogP contribution in [0.25, 0.3) is 0 Å². The number of rotatable bonds is 12. The van der Waals surface area contributed by atoms with Crippen LogP contribution >= 0.6 is 11.8 Å². The molecule has 0 aliphatic carbocycles. The van der Waals surface area contributed by atoms with Gasteiger partial charge in [0.1, 0.15) is 0 Å². The monoisotopic (exact) mass is 468 g/mol. The zero-order valence-corrected chi connectivity index (χ0v) is 19.2. The molecular formula is C21H32N4O6S. The van der Waals surface area contributed by atoms with Crippen molar-refractivity contribution >= 4 is 41.5 Å². The SMILES string of the molecule is CC1CC(=O)N(OC(=O)CCCCCNC(=O)CCCCC2SC[C@@H]3NC(=O)N[C@H]23)C1=O. The summed E-state index contributed by atoms with van der Waals surface area (Å²) in [6.07, 6.45) is 5.48. The Morgan fingerprint density at radius 3 is 2.62 bits per heavy atom. The van der Waals surface area contributed by atoms with Crippen LogP contribution in [0.5, 0.6) is 0 Å². The standard InChI is InChI=1S/C21H32N4O6S/c1-13-11-17(27)25(20(13)29)31-18(28)9-3-2-6-10-22-16(26)8-5-4-7-15-19-14(12-32-15)23-21(30)24-19/h13-15,19H,2-12H2,1H3,(H,22,26)(H2,23,24,30)/t13?,14-,15?,19-/m0/s1. The number of imide groups is 1. The van der Waals surface area contributed by atoms with E-state index in [9.17, 15) is 24.0 Å². The Labute approximate surface area is 191 Å². The molecule has 3 rings (SSSR count). The summed E-state index contributed by atoms with van der Waals surface area (Å²) in [4.78, 5) is 63.3. The lowest BCUT2D eigenvalue weighted by Gasteiger charge is -2.16. The van der Waals surface area contributed by atoms with Gasteiger partial charge in [0.05, 0.1) is 12.1 Å². The molecule has 178 valence electrons. The second-order valence-corrected chi connectivity index (χ2v) is 9.90. The predicted molar refractivity (Wildman–Crippen MR) is 117 cm³/mol. The predicted octanol–water partition coefficient (Wildman–Crippen LogP) is 1.24. The summed E-state index contributed by atoms with van der Waals surface area (Å²) >= 11 is 1.88. The first-order valence-corrected chi connectivity index (χ1v) is 12.4. The van der Waals surface area contributed by atoms with Crippen molar-refractivity contribution in [3.8, 4) is 0 Å². The van der Waals surface area contributed by atoms with E-state index < -0.39 is 23.7 Å². The molecule has 3 heterocycles. The molecule has 0 aromatic carbocycles. The quantitative estimate of drug-likeness (QED) is 0.223. The Balaban J connectivity index is 1.15. The summed E-state index contributed by atoms with van der Waals surface area (Å²) in [5.41, 5.74) is 0. The Kier molecular flexibility index (Phi) is 8.77. The van der Waals surface area contributed by atoms with Gasteiger partial charge < -0.3 is 20.8 Å². The van der Waals surface area contributed by atoms with Crippen LogP contribution in [-0.4, -0.2) is 64.4 Å². The molecule has 0 aromatic heterocycles. The van der Waals surface area contributed by atoms with Gasteiger partial charge in [-0.05, 0) is 25.7 Å². The molecule has 5 amide bonds. The van der Waals surface area contributed by atoms with Crippen molar-refractivity contribution < 1.29 is 28.8 Å². The summed E-state index contributed by atoms with van der Waals surface area (Å²) in [6.45, 7) is 2.17. The Morgan fingerprint density at radius 1 is 1.09 bits per heavy atom. The maximum Gasteiger partial charge on any atom is 0.333 e. The molecule has 0 spiro atoms. The molecule has 3 aliphatic rings. The van der Waals surface area contributed by atoms with Crippen molar-refractivity contribution in [2.45, 2.75) is 82.0 Å². The number of hydrogen-bond acceptors (Lipinski definition) is 7. The molecule has 0 radical (unpaired) electrons. The number of hydrogen-bond donors (Lipinski definition) is 3. The van der Waals surface area contributed by atoms with Gasteiger partial charge in [-0.3, -0.25) is 14.4 Å². The van der Waals surface area contributed by atoms with Crippen LogP contribution in [0.4, 0.5) is 4.79 Å². The third kappa shape index (κ3) is 6.60. The van der Waals surface area contributed by atoms with Gasteiger partial charge >= 0.3 is 12.0 Å². The summed E-state index contributed by atoms with van der Waals surface area (Å²) in [6, 6.07) is 0.364. The largest absolute Gasteiger partial charge is 0.356 e. The minimum absolute atomic E-state index is 0.0253. The highest BCUT2D eigenvalue weighted by atomic mass is 32.2. The van der Waals surface area contributed by atoms with Crippen molar-refractivity contribution in [1.82, 2.24) is 21.0 Å². The Morgan fingerprint density at radius 2 is 1.88 bits per heavy atom. The number of thioether (sulfide) groups is 1. The molecule has 32 heavy (non-hydrogen) atoms. The highest BCUT2D eigenvalue weighted by Gasteiger charge is 2.42. The lowest BCUT2D eigenvalue weighted by molar-refractivity contribution is -0.198. The molecule has 0 aromatic rings. The number of carbonyl (C=O) groups is 5. The highest BCUT2D eigenvalue weighted by molar-refractivity contribution is 8.00. The molecule has 3 aliphatic heterocycles. The van der Waals surface area contributed by atoms with E-state index in [0.717, 1.165) is 37.9 Å². The Hall–Kier alpha value is -2.30. The van der Waals surface area contributed by atoms with Gasteiger partial charge in [0.25, 0.3) is 11.8 Å². The van der Waals surface area contributed by atoms with E-state index in [1.165, 1.54) is 0 Å². The lowest BCUT2D eigenvalue weighted by Crippen LogP contribution is -2.36. The minimum atomic E-state index is -0.593. The third-order valence-electron chi connectivity index (χ3n) is 5.98. The van der Waals surface area contributed by atoms with Crippen molar-refractivity contribution in [2.24, 2.45) is 5.92 Å². The van der Waals surface area contributed by atoms with Gasteiger partial charge in [-0.15, -0.1) is 5.06 Å². The maximum atomic E-state index is 12.0. The zero-order valence-electron chi connectivity index (χ0n) is 18.4. The first-order valence-electron chi connectivity index (χ1n) is 11.4. The molecule has 3 saturated heterocycles. The maximum absolute atomic E-state index is 12.0. The molecule has 2 unspecified atom stereocenters. The van der Waals surface area contributed by atoms with Crippen molar-refractivity contribution in [1.29, 1.82) is 0 Å². The van der Waals surface area contributed by atoms with Crippen molar-refractivity contribution in [2.75, 3.05) is 12.3 Å². The second kappa shape index (κ2) is 11.5. The van der Waals surface area contributed by atoms with Gasteiger partial charge in [0.15, 0.2) is 0 Å². The number of amides is 5. The molecule has 0 bridgehead atoms. The van der Waals surface area contributed by atoms with E-state index in [4.69, 9.17) is 4.84 Å². The van der Waals surface area contributed by atoms with Crippen LogP contribution in [0.1, 0.15) is 64.7 Å². The molecule has 4 atom stereocenters. The Bertz CT molecular complexity index is 748. The molecule has 10 nitrogen and oxygen atoms in total. The average molecular weight is 469 g/mol. The van der Waals surface area contributed by atoms with Crippen LogP contribution in [0.2, 0.25) is 0 Å². The number of fused-ring (bicyclic) bond motifs is 1. The number of carbonyl (C=O) groups excluding carboxylic acids is 5. The van der Waals surface area contributed by atoms with Crippen LogP contribution in [0.15, 0.2) is 0 Å². The second-order valence-electron chi connectivity index (χ2n) is 8.62. The normalized spacial score (nSPS) is 26.7. The molecule has 3 N–H and O–H groups in total. The minimum Gasteiger partial charge on any atom is -0.356 e. The van der Waals surface area contributed by atoms with Crippen LogP contribution in [-0.2, 0) is 24.0 Å². The van der Waals surface area contributed by atoms with E-state index in [0.29, 0.717) is 29.7 Å². The first kappa shape index (κ1) is 24.3. The fourth-order valence-electron chi connectivity index (χ4n) is 4.16. The zero-order chi connectivity index (χ0) is 23.1. The van der Waals surface area contributed by atoms with E-state index in [-0.39, 0.29) is 36.9 Å². The van der Waals surface area contributed by atoms with Gasteiger partial charge in [-0.2, -0.15) is 11.8 Å². The van der Waals surface area contributed by atoms with Crippen LogP contribution in [0.3, 0.4) is 0 Å². The lowest BCUT2D eigenvalue weighted by atomic mass is 10.0. The summed E-state index contributed by atoms with van der Waals surface area (Å²) in [5, 5.41) is 9.80. The smallest absolute Gasteiger partial charge is 0.333 e. The molecule has 3 fully saturated rings. The van der Waals surface area contributed by atoms with Gasteiger partial charge in [-0.1, -0.05) is 19.8 Å². The fourth-order valence-corrected chi connectivity index (χ4v) is 5.70. The fraction of sp³-hybridized carbons (Fsp3) is 0.762.